The van der Waals surface area contributed by atoms with Gasteiger partial charge in [0.2, 0.25) is 0 Å². The molecule has 0 saturated carbocycles. The highest BCUT2D eigenvalue weighted by Gasteiger charge is 2.20. The molecule has 2 heterocycles. The van der Waals surface area contributed by atoms with E-state index in [1.54, 1.807) is 6.20 Å². The summed E-state index contributed by atoms with van der Waals surface area (Å²) >= 11 is 1.32. The van der Waals surface area contributed by atoms with E-state index in [0.29, 0.717) is 11.2 Å². The molecule has 2 aromatic rings. The van der Waals surface area contributed by atoms with Crippen LogP contribution in [0.25, 0.3) is 0 Å². The number of hydrogen-bond acceptors (Lipinski definition) is 6. The molecule has 1 aromatic heterocycles. The second kappa shape index (κ2) is 7.73. The molecular formula is C17H21N3O4S2. The van der Waals surface area contributed by atoms with Crippen molar-refractivity contribution >= 4 is 32.5 Å². The van der Waals surface area contributed by atoms with Gasteiger partial charge in [0.1, 0.15) is 0 Å². The predicted molar refractivity (Wildman–Crippen MR) is 100 cm³/mol. The lowest BCUT2D eigenvalue weighted by Gasteiger charge is -2.32. The number of rotatable bonds is 6. The van der Waals surface area contributed by atoms with E-state index < -0.39 is 16.0 Å². The third-order valence-corrected chi connectivity index (χ3v) is 6.87. The van der Waals surface area contributed by atoms with Crippen LogP contribution in [0.4, 0.5) is 5.13 Å². The predicted octanol–water partition coefficient (Wildman–Crippen LogP) is 3.02. The number of thiazole rings is 1. The van der Waals surface area contributed by atoms with Gasteiger partial charge < -0.3 is 5.11 Å². The number of nitrogens with one attached hydrogen (secondary N) is 1. The van der Waals surface area contributed by atoms with Gasteiger partial charge in [0, 0.05) is 23.7 Å². The van der Waals surface area contributed by atoms with E-state index in [-0.39, 0.29) is 10.5 Å². The van der Waals surface area contributed by atoms with Gasteiger partial charge >= 0.3 is 5.97 Å². The lowest BCUT2D eigenvalue weighted by Crippen LogP contribution is -2.36. The third-order valence-electron chi connectivity index (χ3n) is 4.49. The molecule has 2 N–H and O–H groups in total. The van der Waals surface area contributed by atoms with Gasteiger partial charge in [-0.3, -0.25) is 9.62 Å². The number of aromatic carboxylic acids is 1. The smallest absolute Gasteiger partial charge is 0.335 e. The van der Waals surface area contributed by atoms with E-state index in [9.17, 15) is 13.2 Å². The van der Waals surface area contributed by atoms with Gasteiger partial charge in [-0.15, -0.1) is 0 Å². The largest absolute Gasteiger partial charge is 0.478 e. The summed E-state index contributed by atoms with van der Waals surface area (Å²) in [7, 11) is -3.79. The van der Waals surface area contributed by atoms with E-state index in [1.807, 2.05) is 0 Å². The van der Waals surface area contributed by atoms with Crippen LogP contribution in [-0.4, -0.2) is 42.0 Å². The van der Waals surface area contributed by atoms with Crippen LogP contribution >= 0.6 is 11.3 Å². The van der Waals surface area contributed by atoms with Crippen molar-refractivity contribution in [1.29, 1.82) is 0 Å². The minimum absolute atomic E-state index is 0.00361. The zero-order chi connectivity index (χ0) is 18.7. The van der Waals surface area contributed by atoms with Crippen molar-refractivity contribution in [1.82, 2.24) is 9.88 Å². The summed E-state index contributed by atoms with van der Waals surface area (Å²) in [5.41, 5.74) is 0.0381. The zero-order valence-corrected chi connectivity index (χ0v) is 16.0. The fourth-order valence-corrected chi connectivity index (χ4v) is 5.05. The molecule has 140 valence electrons. The summed E-state index contributed by atoms with van der Waals surface area (Å²) in [6.45, 7) is 4.04. The number of hydrogen-bond donors (Lipinski definition) is 2. The summed E-state index contributed by atoms with van der Waals surface area (Å²) in [6.07, 6.45) is 5.34. The minimum atomic E-state index is -3.79. The first-order valence-electron chi connectivity index (χ1n) is 8.40. The number of aromatic nitrogens is 1. The molecule has 1 atom stereocenters. The van der Waals surface area contributed by atoms with Gasteiger partial charge in [-0.2, -0.15) is 0 Å². The summed E-state index contributed by atoms with van der Waals surface area (Å²) in [5, 5.41) is 9.20. The Balaban J connectivity index is 1.68. The average molecular weight is 396 g/mol. The SMILES string of the molecule is CC1CCCCN1Cc1cnc(NS(=O)(=O)c2ccc(C(=O)O)cc2)s1. The maximum atomic E-state index is 12.4. The van der Waals surface area contributed by atoms with E-state index in [4.69, 9.17) is 5.11 Å². The highest BCUT2D eigenvalue weighted by Crippen LogP contribution is 2.25. The molecule has 1 saturated heterocycles. The highest BCUT2D eigenvalue weighted by molar-refractivity contribution is 7.93. The fourth-order valence-electron chi connectivity index (χ4n) is 2.97. The summed E-state index contributed by atoms with van der Waals surface area (Å²) < 4.78 is 27.3. The van der Waals surface area contributed by atoms with Crippen molar-refractivity contribution in [2.75, 3.05) is 11.3 Å². The number of carbonyl (C=O) groups is 1. The van der Waals surface area contributed by atoms with Gasteiger partial charge in [-0.25, -0.2) is 18.2 Å². The Morgan fingerprint density at radius 2 is 2.08 bits per heavy atom. The molecule has 1 unspecified atom stereocenters. The van der Waals surface area contributed by atoms with Crippen LogP contribution in [0.3, 0.4) is 0 Å². The first kappa shape index (κ1) is 18.8. The molecular weight excluding hydrogens is 374 g/mol. The normalized spacial score (nSPS) is 18.6. The number of benzene rings is 1. The molecule has 9 heteroatoms. The average Bonchev–Trinajstić information content (AvgIpc) is 3.03. The Bertz CT molecular complexity index is 878. The number of sulfonamides is 1. The first-order chi connectivity index (χ1) is 12.3. The van der Waals surface area contributed by atoms with E-state index >= 15 is 0 Å². The van der Waals surface area contributed by atoms with Crippen molar-refractivity contribution in [2.45, 2.75) is 43.7 Å². The molecule has 1 aromatic carbocycles. The van der Waals surface area contributed by atoms with Crippen LogP contribution in [0.5, 0.6) is 0 Å². The zero-order valence-electron chi connectivity index (χ0n) is 14.4. The molecule has 0 amide bonds. The summed E-state index contributed by atoms with van der Waals surface area (Å²) in [5.74, 6) is -1.10. The monoisotopic (exact) mass is 395 g/mol. The topological polar surface area (TPSA) is 99.6 Å². The van der Waals surface area contributed by atoms with Gasteiger partial charge in [0.25, 0.3) is 10.0 Å². The van der Waals surface area contributed by atoms with Crippen molar-refractivity contribution in [3.05, 3.63) is 40.9 Å². The van der Waals surface area contributed by atoms with Gasteiger partial charge in [-0.1, -0.05) is 17.8 Å². The van der Waals surface area contributed by atoms with Crippen molar-refractivity contribution in [3.8, 4) is 0 Å². The van der Waals surface area contributed by atoms with Crippen molar-refractivity contribution in [3.63, 3.8) is 0 Å². The first-order valence-corrected chi connectivity index (χ1v) is 10.7. The minimum Gasteiger partial charge on any atom is -0.478 e. The fraction of sp³-hybridized carbons (Fsp3) is 0.412. The molecule has 0 bridgehead atoms. The van der Waals surface area contributed by atoms with Crippen LogP contribution in [0.15, 0.2) is 35.4 Å². The Morgan fingerprint density at radius 1 is 1.35 bits per heavy atom. The van der Waals surface area contributed by atoms with Crippen molar-refractivity contribution in [2.24, 2.45) is 0 Å². The molecule has 1 fully saturated rings. The quantitative estimate of drug-likeness (QED) is 0.780. The molecule has 3 rings (SSSR count). The third kappa shape index (κ3) is 4.40. The Hall–Kier alpha value is -1.97. The lowest BCUT2D eigenvalue weighted by molar-refractivity contribution is 0.0696. The molecule has 0 spiro atoms. The van der Waals surface area contributed by atoms with Crippen LogP contribution in [0.1, 0.15) is 41.4 Å². The summed E-state index contributed by atoms with van der Waals surface area (Å²) in [6, 6.07) is 5.61. The Kier molecular flexibility index (Phi) is 5.59. The van der Waals surface area contributed by atoms with Crippen LogP contribution in [-0.2, 0) is 16.6 Å². The molecule has 1 aliphatic rings. The van der Waals surface area contributed by atoms with Crippen LogP contribution < -0.4 is 4.72 Å². The van der Waals surface area contributed by atoms with Gasteiger partial charge in [0.15, 0.2) is 5.13 Å². The number of nitrogens with zero attached hydrogens (tertiary/aromatic N) is 2. The second-order valence-corrected chi connectivity index (χ2v) is 9.18. The number of carboxylic acids is 1. The molecule has 0 aliphatic carbocycles. The standard InChI is InChI=1S/C17H21N3O4S2/c1-12-4-2-3-9-20(12)11-14-10-18-17(25-14)19-26(23,24)15-7-5-13(6-8-15)16(21)22/h5-8,10,12H,2-4,9,11H2,1H3,(H,18,19)(H,21,22). The highest BCUT2D eigenvalue weighted by atomic mass is 32.2. The number of carboxylic acid groups (broad SMARTS) is 1. The van der Waals surface area contributed by atoms with E-state index in [0.717, 1.165) is 18.0 Å². The Morgan fingerprint density at radius 3 is 2.73 bits per heavy atom. The van der Waals surface area contributed by atoms with Crippen molar-refractivity contribution < 1.29 is 18.3 Å². The summed E-state index contributed by atoms with van der Waals surface area (Å²) in [4.78, 5) is 18.4. The lowest BCUT2D eigenvalue weighted by atomic mass is 10.0. The maximum absolute atomic E-state index is 12.4. The number of anilines is 1. The van der Waals surface area contributed by atoms with Gasteiger partial charge in [0.05, 0.1) is 10.5 Å². The van der Waals surface area contributed by atoms with E-state index in [2.05, 4.69) is 21.5 Å². The molecule has 0 radical (unpaired) electrons. The van der Waals surface area contributed by atoms with Crippen LogP contribution in [0.2, 0.25) is 0 Å². The number of piperidine rings is 1. The van der Waals surface area contributed by atoms with Gasteiger partial charge in [-0.05, 0) is 50.6 Å². The van der Waals surface area contributed by atoms with Crippen LogP contribution in [0, 0.1) is 0 Å². The molecule has 7 nitrogen and oxygen atoms in total. The molecule has 1 aliphatic heterocycles. The number of likely N-dealkylation sites (tertiary alicyclic amines) is 1. The Labute approximate surface area is 156 Å². The van der Waals surface area contributed by atoms with E-state index in [1.165, 1.54) is 54.9 Å². The maximum Gasteiger partial charge on any atom is 0.335 e. The second-order valence-electron chi connectivity index (χ2n) is 6.38. The molecule has 26 heavy (non-hydrogen) atoms.